The summed E-state index contributed by atoms with van der Waals surface area (Å²) in [5.74, 6) is 0.595. The fraction of sp³-hybridized carbons (Fsp3) is 0.261. The molecule has 170 valence electrons. The Labute approximate surface area is 194 Å². The molecule has 3 aromatic rings. The van der Waals surface area contributed by atoms with Crippen molar-refractivity contribution in [1.82, 2.24) is 9.55 Å². The lowest BCUT2D eigenvalue weighted by Gasteiger charge is -2.11. The number of pyridine rings is 1. The van der Waals surface area contributed by atoms with Gasteiger partial charge in [0.05, 0.1) is 18.6 Å². The number of aromatic nitrogens is 2. The molecule has 3 heterocycles. The third-order valence-corrected chi connectivity index (χ3v) is 6.06. The van der Waals surface area contributed by atoms with Crippen LogP contribution in [0.4, 0.5) is 0 Å². The molecule has 1 amide bonds. The van der Waals surface area contributed by atoms with E-state index in [1.165, 1.54) is 22.2 Å². The molecule has 33 heavy (non-hydrogen) atoms. The number of hydrogen-bond donors (Lipinski definition) is 2. The molecule has 10 heteroatoms. The molecule has 2 aromatic heterocycles. The number of carbonyl (C=O) groups is 1. The predicted molar refractivity (Wildman–Crippen MR) is 130 cm³/mol. The van der Waals surface area contributed by atoms with Gasteiger partial charge in [0.2, 0.25) is 5.91 Å². The van der Waals surface area contributed by atoms with Gasteiger partial charge in [-0.3, -0.25) is 14.6 Å². The molecule has 0 saturated heterocycles. The highest BCUT2D eigenvalue weighted by molar-refractivity contribution is 7.14. The Balaban J connectivity index is 1.83. The third kappa shape index (κ3) is 4.70. The number of nitrogens with two attached hydrogens (primary N) is 2. The maximum absolute atomic E-state index is 12.9. The lowest BCUT2D eigenvalue weighted by molar-refractivity contribution is -0.118. The number of fused-ring (bicyclic) bond motifs is 3. The van der Waals surface area contributed by atoms with Crippen LogP contribution in [0.3, 0.4) is 0 Å². The van der Waals surface area contributed by atoms with E-state index in [0.717, 1.165) is 16.1 Å². The van der Waals surface area contributed by atoms with E-state index >= 15 is 0 Å². The van der Waals surface area contributed by atoms with Crippen molar-refractivity contribution in [1.29, 1.82) is 0 Å². The van der Waals surface area contributed by atoms with Crippen LogP contribution in [0.1, 0.15) is 23.7 Å². The summed E-state index contributed by atoms with van der Waals surface area (Å²) in [4.78, 5) is 38.9. The van der Waals surface area contributed by atoms with Gasteiger partial charge in [0.25, 0.3) is 5.56 Å². The monoisotopic (exact) mass is 464 g/mol. The van der Waals surface area contributed by atoms with Crippen LogP contribution in [0.5, 0.6) is 5.75 Å². The van der Waals surface area contributed by atoms with E-state index in [2.05, 4.69) is 9.98 Å². The van der Waals surface area contributed by atoms with Gasteiger partial charge in [-0.05, 0) is 43.7 Å². The average molecular weight is 465 g/mol. The Bertz CT molecular complexity index is 1320. The summed E-state index contributed by atoms with van der Waals surface area (Å²) in [7, 11) is 0. The average Bonchev–Trinajstić information content (AvgIpc) is 3.11. The highest BCUT2D eigenvalue weighted by atomic mass is 32.1. The molecule has 9 nitrogen and oxygen atoms in total. The first-order valence-corrected chi connectivity index (χ1v) is 11.3. The second-order valence-corrected chi connectivity index (χ2v) is 8.83. The maximum atomic E-state index is 12.9. The lowest BCUT2D eigenvalue weighted by atomic mass is 10.0. The molecule has 1 aliphatic rings. The van der Waals surface area contributed by atoms with E-state index in [0.29, 0.717) is 40.7 Å². The summed E-state index contributed by atoms with van der Waals surface area (Å²) in [6.07, 6.45) is 3.45. The number of ether oxygens (including phenoxy) is 1. The first kappa shape index (κ1) is 22.4. The van der Waals surface area contributed by atoms with Gasteiger partial charge in [0.15, 0.2) is 10.8 Å². The molecular weight excluding hydrogens is 440 g/mol. The normalized spacial score (nSPS) is 13.5. The second-order valence-electron chi connectivity index (χ2n) is 7.75. The van der Waals surface area contributed by atoms with Crippen molar-refractivity contribution in [2.75, 3.05) is 6.61 Å². The Kier molecular flexibility index (Phi) is 6.36. The van der Waals surface area contributed by atoms with E-state index in [9.17, 15) is 9.59 Å². The minimum Gasteiger partial charge on any atom is -0.493 e. The van der Waals surface area contributed by atoms with Crippen LogP contribution in [-0.2, 0) is 17.8 Å². The van der Waals surface area contributed by atoms with Gasteiger partial charge in [0.1, 0.15) is 12.3 Å². The Morgan fingerprint density at radius 2 is 2.15 bits per heavy atom. The first-order valence-electron chi connectivity index (χ1n) is 10.4. The highest BCUT2D eigenvalue weighted by Gasteiger charge is 2.23. The zero-order chi connectivity index (χ0) is 23.5. The van der Waals surface area contributed by atoms with Crippen molar-refractivity contribution in [2.45, 2.75) is 32.9 Å². The molecule has 1 aliphatic heterocycles. The van der Waals surface area contributed by atoms with Gasteiger partial charge in [-0.15, -0.1) is 11.3 Å². The zero-order valence-corrected chi connectivity index (χ0v) is 19.1. The van der Waals surface area contributed by atoms with Crippen LogP contribution in [0.25, 0.3) is 22.4 Å². The van der Waals surface area contributed by atoms with Crippen LogP contribution < -0.4 is 21.8 Å². The summed E-state index contributed by atoms with van der Waals surface area (Å²) in [6, 6.07) is 9.02. The summed E-state index contributed by atoms with van der Waals surface area (Å²) in [5.41, 5.74) is 13.2. The third-order valence-electron chi connectivity index (χ3n) is 4.94. The van der Waals surface area contributed by atoms with E-state index in [1.807, 2.05) is 32.0 Å². The van der Waals surface area contributed by atoms with Gasteiger partial charge in [-0.25, -0.2) is 9.98 Å². The summed E-state index contributed by atoms with van der Waals surface area (Å²) >= 11 is 1.51. The Morgan fingerprint density at radius 3 is 2.88 bits per heavy atom. The molecule has 0 bridgehead atoms. The van der Waals surface area contributed by atoms with Crippen molar-refractivity contribution >= 4 is 29.4 Å². The second kappa shape index (κ2) is 9.37. The van der Waals surface area contributed by atoms with Crippen LogP contribution in [-0.4, -0.2) is 40.3 Å². The number of hydrogen-bond acceptors (Lipinski definition) is 6. The van der Waals surface area contributed by atoms with Crippen molar-refractivity contribution in [3.8, 4) is 28.1 Å². The molecule has 0 spiro atoms. The minimum atomic E-state index is -0.580. The number of amides is 1. The fourth-order valence-electron chi connectivity index (χ4n) is 3.60. The Hall–Kier alpha value is -3.79. The van der Waals surface area contributed by atoms with Crippen LogP contribution >= 0.6 is 11.3 Å². The molecule has 4 N–H and O–H groups in total. The van der Waals surface area contributed by atoms with Gasteiger partial charge in [0, 0.05) is 34.7 Å². The molecule has 0 aliphatic carbocycles. The smallest absolute Gasteiger partial charge is 0.258 e. The molecule has 4 rings (SSSR count). The molecule has 0 fully saturated rings. The number of amidine groups is 1. The SMILES string of the molecule is CC(C)N=C(N=CN)c1nc2c(s1)CCOc1ccc(-c3cccn(CC(N)=O)c3=O)cc1-2. The minimum absolute atomic E-state index is 0.0373. The lowest BCUT2D eigenvalue weighted by Crippen LogP contribution is -2.28. The number of benzene rings is 1. The summed E-state index contributed by atoms with van der Waals surface area (Å²) < 4.78 is 7.24. The summed E-state index contributed by atoms with van der Waals surface area (Å²) in [6.45, 7) is 4.25. The zero-order valence-electron chi connectivity index (χ0n) is 18.3. The molecule has 1 aromatic carbocycles. The molecule has 0 saturated carbocycles. The maximum Gasteiger partial charge on any atom is 0.258 e. The number of thiazole rings is 1. The standard InChI is InChI=1S/C23H24N6O3S/c1-13(2)27-21(26-12-24)22-28-20-16-10-14(5-6-17(16)32-9-7-18(20)33-22)15-4-3-8-29(23(15)31)11-19(25)30/h3-6,8,10,12-13H,7,9,11H2,1-2H3,(H2,25,30)(H2,24,26,27). The molecule has 0 atom stereocenters. The van der Waals surface area contributed by atoms with E-state index in [4.69, 9.17) is 21.2 Å². The molecule has 0 radical (unpaired) electrons. The van der Waals surface area contributed by atoms with E-state index < -0.39 is 5.91 Å². The van der Waals surface area contributed by atoms with Gasteiger partial charge in [-0.1, -0.05) is 6.07 Å². The van der Waals surface area contributed by atoms with Crippen molar-refractivity contribution in [3.05, 3.63) is 56.8 Å². The van der Waals surface area contributed by atoms with Gasteiger partial charge >= 0.3 is 0 Å². The number of primary amides is 1. The largest absolute Gasteiger partial charge is 0.493 e. The van der Waals surface area contributed by atoms with E-state index in [-0.39, 0.29) is 18.1 Å². The van der Waals surface area contributed by atoms with Crippen molar-refractivity contribution < 1.29 is 9.53 Å². The first-order chi connectivity index (χ1) is 15.9. The summed E-state index contributed by atoms with van der Waals surface area (Å²) in [5, 5.41) is 0.678. The van der Waals surface area contributed by atoms with Gasteiger partial charge < -0.3 is 20.8 Å². The predicted octanol–water partition coefficient (Wildman–Crippen LogP) is 2.20. The van der Waals surface area contributed by atoms with Gasteiger partial charge in [-0.2, -0.15) is 0 Å². The van der Waals surface area contributed by atoms with Crippen molar-refractivity contribution in [2.24, 2.45) is 21.5 Å². The molecule has 0 unspecified atom stereocenters. The number of carbonyl (C=O) groups excluding carboxylic acids is 1. The number of nitrogens with zero attached hydrogens (tertiary/aromatic N) is 4. The van der Waals surface area contributed by atoms with Crippen LogP contribution in [0.2, 0.25) is 0 Å². The molecular formula is C23H24N6O3S. The number of aliphatic imine (C=N–C) groups is 2. The Morgan fingerprint density at radius 1 is 1.33 bits per heavy atom. The fourth-order valence-corrected chi connectivity index (χ4v) is 4.60. The number of rotatable bonds is 5. The highest BCUT2D eigenvalue weighted by Crippen LogP contribution is 2.39. The van der Waals surface area contributed by atoms with Crippen molar-refractivity contribution in [3.63, 3.8) is 0 Å². The topological polar surface area (TPSA) is 138 Å². The quantitative estimate of drug-likeness (QED) is 0.440. The van der Waals surface area contributed by atoms with Crippen LogP contribution in [0, 0.1) is 0 Å². The van der Waals surface area contributed by atoms with Crippen LogP contribution in [0.15, 0.2) is 51.3 Å². The van der Waals surface area contributed by atoms with E-state index in [1.54, 1.807) is 18.3 Å².